The Hall–Kier alpha value is -2.61. The summed E-state index contributed by atoms with van der Waals surface area (Å²) in [5.41, 5.74) is 1.08. The molecule has 118 valence electrons. The van der Waals surface area contributed by atoms with Gasteiger partial charge in [-0.3, -0.25) is 4.79 Å². The van der Waals surface area contributed by atoms with Gasteiger partial charge in [0.2, 0.25) is 5.91 Å². The van der Waals surface area contributed by atoms with Crippen molar-refractivity contribution in [2.75, 3.05) is 18.0 Å². The van der Waals surface area contributed by atoms with Gasteiger partial charge in [-0.15, -0.1) is 0 Å². The first-order valence-electron chi connectivity index (χ1n) is 7.74. The predicted octanol–water partition coefficient (Wildman–Crippen LogP) is 2.46. The van der Waals surface area contributed by atoms with Crippen LogP contribution in [-0.4, -0.2) is 30.0 Å². The number of amides is 1. The average molecular weight is 308 g/mol. The van der Waals surface area contributed by atoms with Crippen LogP contribution in [0.1, 0.15) is 26.3 Å². The second kappa shape index (κ2) is 5.54. The van der Waals surface area contributed by atoms with Crippen LogP contribution in [0.5, 0.6) is 0 Å². The average Bonchev–Trinajstić information content (AvgIpc) is 2.48. The Morgan fingerprint density at radius 1 is 1.35 bits per heavy atom. The van der Waals surface area contributed by atoms with Crippen LogP contribution in [0.15, 0.2) is 30.3 Å². The summed E-state index contributed by atoms with van der Waals surface area (Å²) in [4.78, 5) is 18.7. The Kier molecular flexibility index (Phi) is 3.69. The molecule has 0 atom stereocenters. The van der Waals surface area contributed by atoms with Crippen LogP contribution >= 0.6 is 0 Å². The Morgan fingerprint density at radius 2 is 2.04 bits per heavy atom. The topological polar surface area (TPSA) is 69.0 Å². The largest absolute Gasteiger partial charge is 0.352 e. The summed E-state index contributed by atoms with van der Waals surface area (Å²) >= 11 is 0. The van der Waals surface area contributed by atoms with E-state index in [0.29, 0.717) is 5.56 Å². The summed E-state index contributed by atoms with van der Waals surface area (Å²) in [6.45, 7) is 7.16. The third-order valence-corrected chi connectivity index (χ3v) is 4.05. The van der Waals surface area contributed by atoms with Crippen LogP contribution in [0.25, 0.3) is 10.9 Å². The lowest BCUT2D eigenvalue weighted by atomic mass is 9.94. The van der Waals surface area contributed by atoms with Crippen LogP contribution in [0.3, 0.4) is 0 Å². The smallest absolute Gasteiger partial charge is 0.225 e. The van der Waals surface area contributed by atoms with E-state index in [2.05, 4.69) is 21.3 Å². The molecule has 0 bridgehead atoms. The van der Waals surface area contributed by atoms with Gasteiger partial charge < -0.3 is 10.2 Å². The SMILES string of the molecule is CC(C)(C)C(=O)NC1CN(c2cc(C#N)c3ccccc3n2)C1. The Bertz CT molecular complexity index is 795. The molecule has 3 rings (SSSR count). The van der Waals surface area contributed by atoms with Crippen LogP contribution in [-0.2, 0) is 4.79 Å². The molecule has 1 N–H and O–H groups in total. The molecule has 23 heavy (non-hydrogen) atoms. The molecule has 1 amide bonds. The molecule has 5 heteroatoms. The lowest BCUT2D eigenvalue weighted by Gasteiger charge is -2.41. The molecule has 0 aliphatic carbocycles. The number of nitrogens with zero attached hydrogens (tertiary/aromatic N) is 3. The van der Waals surface area contributed by atoms with Crippen LogP contribution in [0.2, 0.25) is 0 Å². The van der Waals surface area contributed by atoms with Gasteiger partial charge in [0, 0.05) is 23.9 Å². The van der Waals surface area contributed by atoms with E-state index in [0.717, 1.165) is 29.8 Å². The molecule has 2 heterocycles. The fourth-order valence-corrected chi connectivity index (χ4v) is 2.57. The molecule has 1 aliphatic heterocycles. The Morgan fingerprint density at radius 3 is 2.70 bits per heavy atom. The molecule has 0 unspecified atom stereocenters. The van der Waals surface area contributed by atoms with Gasteiger partial charge in [-0.1, -0.05) is 39.0 Å². The number of rotatable bonds is 2. The second-order valence-corrected chi connectivity index (χ2v) is 6.98. The molecule has 0 radical (unpaired) electrons. The minimum absolute atomic E-state index is 0.0614. The minimum Gasteiger partial charge on any atom is -0.352 e. The highest BCUT2D eigenvalue weighted by Gasteiger charge is 2.32. The lowest BCUT2D eigenvalue weighted by Crippen LogP contribution is -2.61. The summed E-state index contributed by atoms with van der Waals surface area (Å²) < 4.78 is 0. The summed E-state index contributed by atoms with van der Waals surface area (Å²) in [5, 5.41) is 13.3. The normalized spacial score (nSPS) is 15.1. The lowest BCUT2D eigenvalue weighted by molar-refractivity contribution is -0.129. The highest BCUT2D eigenvalue weighted by molar-refractivity contribution is 5.86. The minimum atomic E-state index is -0.379. The van der Waals surface area contributed by atoms with Gasteiger partial charge >= 0.3 is 0 Å². The number of anilines is 1. The Labute approximate surface area is 135 Å². The molecule has 2 aromatic rings. The van der Waals surface area contributed by atoms with Gasteiger partial charge in [-0.05, 0) is 12.1 Å². The first kappa shape index (κ1) is 15.3. The van der Waals surface area contributed by atoms with Crippen molar-refractivity contribution in [3.8, 4) is 6.07 Å². The van der Waals surface area contributed by atoms with E-state index in [1.807, 2.05) is 51.1 Å². The highest BCUT2D eigenvalue weighted by atomic mass is 16.2. The van der Waals surface area contributed by atoms with Crippen molar-refractivity contribution in [2.24, 2.45) is 5.41 Å². The summed E-state index contributed by atoms with van der Waals surface area (Å²) in [5.74, 6) is 0.854. The maximum absolute atomic E-state index is 12.0. The molecule has 0 spiro atoms. The standard InChI is InChI=1S/C18H20N4O/c1-18(2,3)17(23)20-13-10-22(11-13)16-8-12(9-19)14-6-4-5-7-15(14)21-16/h4-8,13H,10-11H2,1-3H3,(H,20,23). The second-order valence-electron chi connectivity index (χ2n) is 6.98. The number of hydrogen-bond acceptors (Lipinski definition) is 4. The van der Waals surface area contributed by atoms with Crippen molar-refractivity contribution >= 4 is 22.6 Å². The number of carbonyl (C=O) groups is 1. The number of benzene rings is 1. The zero-order valence-electron chi connectivity index (χ0n) is 13.6. The van der Waals surface area contributed by atoms with Crippen molar-refractivity contribution in [3.63, 3.8) is 0 Å². The molecule has 5 nitrogen and oxygen atoms in total. The molecule has 1 aliphatic rings. The number of fused-ring (bicyclic) bond motifs is 1. The monoisotopic (exact) mass is 308 g/mol. The number of pyridine rings is 1. The molecular formula is C18H20N4O. The van der Waals surface area contributed by atoms with Gasteiger partial charge in [0.15, 0.2) is 0 Å². The molecule has 1 aromatic heterocycles. The van der Waals surface area contributed by atoms with E-state index < -0.39 is 0 Å². The molecule has 1 saturated heterocycles. The third-order valence-electron chi connectivity index (χ3n) is 4.05. The molecule has 1 aromatic carbocycles. The van der Waals surface area contributed by atoms with E-state index in [1.54, 1.807) is 0 Å². The number of nitrogens with one attached hydrogen (secondary N) is 1. The maximum atomic E-state index is 12.0. The highest BCUT2D eigenvalue weighted by Crippen LogP contribution is 2.26. The number of para-hydroxylation sites is 1. The molecule has 0 saturated carbocycles. The van der Waals surface area contributed by atoms with Gasteiger partial charge in [-0.2, -0.15) is 5.26 Å². The van der Waals surface area contributed by atoms with Crippen molar-refractivity contribution in [3.05, 3.63) is 35.9 Å². The van der Waals surface area contributed by atoms with Crippen LogP contribution < -0.4 is 10.2 Å². The summed E-state index contributed by atoms with van der Waals surface area (Å²) in [6.07, 6.45) is 0. The van der Waals surface area contributed by atoms with Gasteiger partial charge in [0.25, 0.3) is 0 Å². The summed E-state index contributed by atoms with van der Waals surface area (Å²) in [7, 11) is 0. The van der Waals surface area contributed by atoms with Gasteiger partial charge in [0.05, 0.1) is 23.2 Å². The van der Waals surface area contributed by atoms with E-state index in [-0.39, 0.29) is 17.4 Å². The first-order chi connectivity index (χ1) is 10.9. The van der Waals surface area contributed by atoms with Crippen molar-refractivity contribution < 1.29 is 4.79 Å². The van der Waals surface area contributed by atoms with Crippen molar-refractivity contribution in [2.45, 2.75) is 26.8 Å². The van der Waals surface area contributed by atoms with E-state index >= 15 is 0 Å². The third kappa shape index (κ3) is 2.98. The van der Waals surface area contributed by atoms with Crippen LogP contribution in [0.4, 0.5) is 5.82 Å². The quantitative estimate of drug-likeness (QED) is 0.925. The zero-order chi connectivity index (χ0) is 16.6. The number of aromatic nitrogens is 1. The number of nitriles is 1. The van der Waals surface area contributed by atoms with Gasteiger partial charge in [0.1, 0.15) is 5.82 Å². The maximum Gasteiger partial charge on any atom is 0.225 e. The fraction of sp³-hybridized carbons (Fsp3) is 0.389. The van der Waals surface area contributed by atoms with Crippen LogP contribution in [0, 0.1) is 16.7 Å². The Balaban J connectivity index is 1.74. The van der Waals surface area contributed by atoms with E-state index in [9.17, 15) is 10.1 Å². The predicted molar refractivity (Wildman–Crippen MR) is 90.1 cm³/mol. The van der Waals surface area contributed by atoms with Gasteiger partial charge in [-0.25, -0.2) is 4.98 Å². The van der Waals surface area contributed by atoms with Crippen molar-refractivity contribution in [1.82, 2.24) is 10.3 Å². The number of hydrogen-bond donors (Lipinski definition) is 1. The zero-order valence-corrected chi connectivity index (χ0v) is 13.6. The van der Waals surface area contributed by atoms with E-state index in [4.69, 9.17) is 0 Å². The molecule has 1 fully saturated rings. The van der Waals surface area contributed by atoms with E-state index in [1.165, 1.54) is 0 Å². The van der Waals surface area contributed by atoms with Crippen molar-refractivity contribution in [1.29, 1.82) is 5.26 Å². The molecular weight excluding hydrogens is 288 g/mol. The summed E-state index contributed by atoms with van der Waals surface area (Å²) in [6, 6.07) is 11.9. The fourth-order valence-electron chi connectivity index (χ4n) is 2.57. The first-order valence-corrected chi connectivity index (χ1v) is 7.74. The number of carbonyl (C=O) groups excluding carboxylic acids is 1.